The monoisotopic (exact) mass is 380 g/mol. The fourth-order valence-electron chi connectivity index (χ4n) is 2.45. The van der Waals surface area contributed by atoms with E-state index in [1.807, 2.05) is 78.9 Å². The molecule has 3 aromatic rings. The average molecular weight is 380 g/mol. The number of anilines is 1. The molecule has 27 heavy (non-hydrogen) atoms. The zero-order valence-electron chi connectivity index (χ0n) is 14.6. The molecular weight excluding hydrogens is 360 g/mol. The van der Waals surface area contributed by atoms with Gasteiger partial charge in [-0.1, -0.05) is 42.5 Å². The average Bonchev–Trinajstić information content (AvgIpc) is 2.67. The fraction of sp³-hybridized carbons (Fsp3) is 0.100. The number of hydrogen-bond acceptors (Lipinski definition) is 5. The van der Waals surface area contributed by atoms with E-state index in [0.29, 0.717) is 0 Å². The molecule has 0 aliphatic heterocycles. The Balaban J connectivity index is 1.62. The highest BCUT2D eigenvalue weighted by Crippen LogP contribution is 2.25. The first-order chi connectivity index (χ1) is 13.0. The second-order valence-corrected chi connectivity index (χ2v) is 7.69. The van der Waals surface area contributed by atoms with E-state index in [9.17, 15) is 8.42 Å². The summed E-state index contributed by atoms with van der Waals surface area (Å²) in [5, 5.41) is 16.5. The van der Waals surface area contributed by atoms with Crippen LogP contribution in [0.3, 0.4) is 0 Å². The van der Waals surface area contributed by atoms with Gasteiger partial charge in [-0.15, -0.1) is 0 Å². The summed E-state index contributed by atoms with van der Waals surface area (Å²) in [5.41, 5.74) is 4.55. The maximum atomic E-state index is 10.9. The van der Waals surface area contributed by atoms with E-state index in [-0.39, 0.29) is 12.3 Å². The van der Waals surface area contributed by atoms with Crippen LogP contribution in [0.4, 0.5) is 17.1 Å². The predicted molar refractivity (Wildman–Crippen MR) is 109 cm³/mol. The van der Waals surface area contributed by atoms with Crippen molar-refractivity contribution in [3.05, 3.63) is 78.9 Å². The molecule has 0 heterocycles. The highest BCUT2D eigenvalue weighted by atomic mass is 32.2. The van der Waals surface area contributed by atoms with E-state index in [1.54, 1.807) is 0 Å². The lowest BCUT2D eigenvalue weighted by Crippen LogP contribution is -2.22. The van der Waals surface area contributed by atoms with Crippen LogP contribution >= 0.6 is 0 Å². The summed E-state index contributed by atoms with van der Waals surface area (Å²) in [4.78, 5) is 0. The van der Waals surface area contributed by atoms with Crippen molar-refractivity contribution < 1.29 is 8.42 Å². The first-order valence-corrected chi connectivity index (χ1v) is 10.1. The molecule has 0 saturated carbocycles. The van der Waals surface area contributed by atoms with E-state index in [4.69, 9.17) is 5.14 Å². The van der Waals surface area contributed by atoms with Crippen molar-refractivity contribution in [2.45, 2.75) is 0 Å². The second kappa shape index (κ2) is 8.57. The van der Waals surface area contributed by atoms with Crippen molar-refractivity contribution in [3.8, 4) is 11.1 Å². The Morgan fingerprint density at radius 2 is 1.26 bits per heavy atom. The van der Waals surface area contributed by atoms with Gasteiger partial charge in [0.05, 0.1) is 17.1 Å². The number of nitrogens with two attached hydrogens (primary N) is 1. The van der Waals surface area contributed by atoms with Crippen LogP contribution in [-0.4, -0.2) is 20.7 Å². The zero-order valence-corrected chi connectivity index (χ0v) is 15.4. The van der Waals surface area contributed by atoms with Crippen LogP contribution in [0.25, 0.3) is 11.1 Å². The van der Waals surface area contributed by atoms with Crippen LogP contribution in [0, 0.1) is 0 Å². The van der Waals surface area contributed by atoms with E-state index in [0.717, 1.165) is 28.2 Å². The molecule has 3 N–H and O–H groups in total. The minimum absolute atomic E-state index is 0.103. The van der Waals surface area contributed by atoms with E-state index in [2.05, 4.69) is 15.5 Å². The Hall–Kier alpha value is -3.03. The molecule has 0 spiro atoms. The van der Waals surface area contributed by atoms with Crippen molar-refractivity contribution in [2.24, 2.45) is 15.4 Å². The molecule has 0 fully saturated rings. The third-order valence-corrected chi connectivity index (χ3v) is 4.61. The van der Waals surface area contributed by atoms with Crippen molar-refractivity contribution >= 4 is 27.1 Å². The minimum Gasteiger partial charge on any atom is -0.384 e. The summed E-state index contributed by atoms with van der Waals surface area (Å²) in [6.45, 7) is 0.277. The second-order valence-electron chi connectivity index (χ2n) is 5.95. The summed E-state index contributed by atoms with van der Waals surface area (Å²) in [6, 6.07) is 25.1. The molecule has 0 aliphatic rings. The Morgan fingerprint density at radius 1 is 0.741 bits per heavy atom. The maximum absolute atomic E-state index is 10.9. The van der Waals surface area contributed by atoms with Crippen molar-refractivity contribution in [1.82, 2.24) is 0 Å². The Labute approximate surface area is 158 Å². The van der Waals surface area contributed by atoms with Gasteiger partial charge in [0.25, 0.3) is 0 Å². The molecule has 7 heteroatoms. The molecule has 3 aromatic carbocycles. The van der Waals surface area contributed by atoms with Crippen LogP contribution < -0.4 is 10.5 Å². The highest BCUT2D eigenvalue weighted by molar-refractivity contribution is 7.89. The molecule has 0 unspecified atom stereocenters. The lowest BCUT2D eigenvalue weighted by atomic mass is 10.1. The van der Waals surface area contributed by atoms with Crippen molar-refractivity contribution in [3.63, 3.8) is 0 Å². The Kier molecular flexibility index (Phi) is 5.95. The molecule has 0 radical (unpaired) electrons. The van der Waals surface area contributed by atoms with Gasteiger partial charge in [0.2, 0.25) is 10.0 Å². The van der Waals surface area contributed by atoms with Crippen LogP contribution in [0.5, 0.6) is 0 Å². The van der Waals surface area contributed by atoms with Gasteiger partial charge >= 0.3 is 0 Å². The Morgan fingerprint density at radius 3 is 1.81 bits per heavy atom. The van der Waals surface area contributed by atoms with Crippen LogP contribution in [-0.2, 0) is 10.0 Å². The molecule has 0 atom stereocenters. The Bertz CT molecular complexity index is 1000. The number of azo groups is 1. The number of rotatable bonds is 7. The van der Waals surface area contributed by atoms with Gasteiger partial charge in [0, 0.05) is 12.2 Å². The van der Waals surface area contributed by atoms with Crippen LogP contribution in [0.15, 0.2) is 89.1 Å². The number of nitrogens with one attached hydrogen (secondary N) is 1. The van der Waals surface area contributed by atoms with Gasteiger partial charge in [-0.25, -0.2) is 13.6 Å². The van der Waals surface area contributed by atoms with Gasteiger partial charge in [-0.2, -0.15) is 10.2 Å². The first-order valence-electron chi connectivity index (χ1n) is 8.41. The van der Waals surface area contributed by atoms with Gasteiger partial charge in [0.1, 0.15) is 0 Å². The summed E-state index contributed by atoms with van der Waals surface area (Å²) in [6.07, 6.45) is 0. The number of benzene rings is 3. The smallest absolute Gasteiger partial charge is 0.210 e. The van der Waals surface area contributed by atoms with Crippen LogP contribution in [0.2, 0.25) is 0 Å². The molecule has 0 saturated heterocycles. The molecule has 6 nitrogen and oxygen atoms in total. The number of nitrogens with zero attached hydrogens (tertiary/aromatic N) is 2. The van der Waals surface area contributed by atoms with Crippen molar-refractivity contribution in [1.29, 1.82) is 0 Å². The largest absolute Gasteiger partial charge is 0.384 e. The zero-order chi connectivity index (χ0) is 19.1. The fourth-order valence-corrected chi connectivity index (χ4v) is 2.84. The molecule has 0 aromatic heterocycles. The van der Waals surface area contributed by atoms with Gasteiger partial charge in [-0.05, 0) is 47.5 Å². The maximum Gasteiger partial charge on any atom is 0.210 e. The molecule has 0 bridgehead atoms. The molecule has 0 amide bonds. The topological polar surface area (TPSA) is 96.9 Å². The molecule has 0 aliphatic carbocycles. The molecule has 138 valence electrons. The summed E-state index contributed by atoms with van der Waals surface area (Å²) >= 11 is 0. The predicted octanol–water partition coefficient (Wildman–Crippen LogP) is 4.47. The lowest BCUT2D eigenvalue weighted by molar-refractivity contribution is 0.598. The van der Waals surface area contributed by atoms with Gasteiger partial charge in [-0.3, -0.25) is 0 Å². The van der Waals surface area contributed by atoms with Crippen LogP contribution in [0.1, 0.15) is 0 Å². The minimum atomic E-state index is -3.45. The molecule has 3 rings (SSSR count). The third kappa shape index (κ3) is 6.02. The number of primary sulfonamides is 1. The first kappa shape index (κ1) is 18.8. The van der Waals surface area contributed by atoms with E-state index >= 15 is 0 Å². The van der Waals surface area contributed by atoms with E-state index < -0.39 is 10.0 Å². The normalized spacial score (nSPS) is 11.6. The number of hydrogen-bond donors (Lipinski definition) is 2. The van der Waals surface area contributed by atoms with Gasteiger partial charge < -0.3 is 5.32 Å². The van der Waals surface area contributed by atoms with Crippen molar-refractivity contribution in [2.75, 3.05) is 17.6 Å². The summed E-state index contributed by atoms with van der Waals surface area (Å²) < 4.78 is 21.9. The SMILES string of the molecule is NS(=O)(=O)CCNc1ccc(-c2ccc(N=Nc3ccccc3)cc2)cc1. The van der Waals surface area contributed by atoms with Gasteiger partial charge in [0.15, 0.2) is 0 Å². The van der Waals surface area contributed by atoms with E-state index in [1.165, 1.54) is 0 Å². The quantitative estimate of drug-likeness (QED) is 0.592. The summed E-state index contributed by atoms with van der Waals surface area (Å²) in [5.74, 6) is -0.103. The third-order valence-electron chi connectivity index (χ3n) is 3.84. The summed E-state index contributed by atoms with van der Waals surface area (Å²) in [7, 11) is -3.45. The molecular formula is C20H20N4O2S. The highest BCUT2D eigenvalue weighted by Gasteiger charge is 2.02. The standard InChI is InChI=1S/C20H20N4O2S/c21-27(25,26)15-14-22-18-10-6-16(7-11-18)17-8-12-20(13-9-17)24-23-19-4-2-1-3-5-19/h1-13,22H,14-15H2,(H2,21,25,26). The number of sulfonamides is 1. The lowest BCUT2D eigenvalue weighted by Gasteiger charge is -2.07.